The van der Waals surface area contributed by atoms with E-state index in [1.54, 1.807) is 12.2 Å². The van der Waals surface area contributed by atoms with Gasteiger partial charge in [0.15, 0.2) is 0 Å². The van der Waals surface area contributed by atoms with Gasteiger partial charge in [-0.25, -0.2) is 0 Å². The number of oxime groups is 1. The number of nitrogens with zero attached hydrogens (tertiary/aromatic N) is 1. The van der Waals surface area contributed by atoms with Gasteiger partial charge in [0.2, 0.25) is 0 Å². The summed E-state index contributed by atoms with van der Waals surface area (Å²) in [7, 11) is 0. The summed E-state index contributed by atoms with van der Waals surface area (Å²) in [5.41, 5.74) is 1.06. The first-order chi connectivity index (χ1) is 4.81. The number of rotatable bonds is 3. The molecule has 0 aliphatic rings. The first-order valence-electron chi connectivity index (χ1n) is 2.94. The third kappa shape index (κ3) is 4.84. The van der Waals surface area contributed by atoms with E-state index in [0.717, 1.165) is 5.57 Å². The van der Waals surface area contributed by atoms with Crippen molar-refractivity contribution >= 4 is 6.21 Å². The van der Waals surface area contributed by atoms with Crippen LogP contribution < -0.4 is 0 Å². The van der Waals surface area contributed by atoms with E-state index in [4.69, 9.17) is 5.21 Å². The average molecular weight is 137 g/mol. The molecule has 0 aromatic heterocycles. The van der Waals surface area contributed by atoms with Crippen LogP contribution in [0.1, 0.15) is 6.92 Å². The highest BCUT2D eigenvalue weighted by atomic mass is 16.4. The Balaban J connectivity index is 3.88. The predicted octanol–water partition coefficient (Wildman–Crippen LogP) is 2.13. The zero-order valence-corrected chi connectivity index (χ0v) is 5.99. The second-order valence-corrected chi connectivity index (χ2v) is 1.77. The average Bonchev–Trinajstić information content (AvgIpc) is 1.89. The molecular formula is C8H11NO. The molecule has 2 heteroatoms. The molecule has 0 fully saturated rings. The molecule has 10 heavy (non-hydrogen) atoms. The highest BCUT2D eigenvalue weighted by Crippen LogP contribution is 1.92. The summed E-state index contributed by atoms with van der Waals surface area (Å²) in [4.78, 5) is 0. The van der Waals surface area contributed by atoms with Crippen LogP contribution in [0.2, 0.25) is 0 Å². The van der Waals surface area contributed by atoms with Crippen molar-refractivity contribution < 1.29 is 5.21 Å². The summed E-state index contributed by atoms with van der Waals surface area (Å²) in [5, 5.41) is 10.8. The SMILES string of the molecule is C=C\C=C(C)/C=C\C=N\O. The summed E-state index contributed by atoms with van der Waals surface area (Å²) < 4.78 is 0. The molecular weight excluding hydrogens is 126 g/mol. The number of allylic oxidation sites excluding steroid dienone is 5. The van der Waals surface area contributed by atoms with Crippen molar-refractivity contribution in [3.63, 3.8) is 0 Å². The Morgan fingerprint density at radius 3 is 2.80 bits per heavy atom. The van der Waals surface area contributed by atoms with Gasteiger partial charge in [0.05, 0.1) is 6.21 Å². The molecule has 0 heterocycles. The topological polar surface area (TPSA) is 32.6 Å². The van der Waals surface area contributed by atoms with Crippen LogP contribution in [0.3, 0.4) is 0 Å². The first-order valence-corrected chi connectivity index (χ1v) is 2.94. The fourth-order valence-electron chi connectivity index (χ4n) is 0.475. The summed E-state index contributed by atoms with van der Waals surface area (Å²) in [6.07, 6.45) is 8.34. The van der Waals surface area contributed by atoms with Crippen molar-refractivity contribution in [1.29, 1.82) is 0 Å². The van der Waals surface area contributed by atoms with Crippen molar-refractivity contribution in [1.82, 2.24) is 0 Å². The zero-order chi connectivity index (χ0) is 7.82. The molecule has 0 rings (SSSR count). The molecule has 0 unspecified atom stereocenters. The van der Waals surface area contributed by atoms with Crippen LogP contribution in [0.5, 0.6) is 0 Å². The van der Waals surface area contributed by atoms with Gasteiger partial charge in [-0.05, 0) is 13.0 Å². The van der Waals surface area contributed by atoms with E-state index in [1.165, 1.54) is 6.21 Å². The maximum absolute atomic E-state index is 7.99. The number of hydrogen-bond donors (Lipinski definition) is 1. The van der Waals surface area contributed by atoms with E-state index in [2.05, 4.69) is 11.7 Å². The highest BCUT2D eigenvalue weighted by Gasteiger charge is 1.74. The van der Waals surface area contributed by atoms with Crippen molar-refractivity contribution in [2.24, 2.45) is 5.16 Å². The molecule has 0 saturated carbocycles. The van der Waals surface area contributed by atoms with Crippen LogP contribution in [0, 0.1) is 0 Å². The molecule has 0 aliphatic heterocycles. The summed E-state index contributed by atoms with van der Waals surface area (Å²) in [5.74, 6) is 0. The van der Waals surface area contributed by atoms with E-state index < -0.39 is 0 Å². The molecule has 0 spiro atoms. The second kappa shape index (κ2) is 5.82. The Labute approximate surface area is 60.9 Å². The van der Waals surface area contributed by atoms with Gasteiger partial charge in [-0.3, -0.25) is 0 Å². The maximum Gasteiger partial charge on any atom is 0.0661 e. The Bertz CT molecular complexity index is 178. The molecule has 0 aliphatic carbocycles. The fraction of sp³-hybridized carbons (Fsp3) is 0.125. The lowest BCUT2D eigenvalue weighted by Crippen LogP contribution is -1.67. The van der Waals surface area contributed by atoms with Crippen molar-refractivity contribution in [2.75, 3.05) is 0 Å². The molecule has 2 nitrogen and oxygen atoms in total. The second-order valence-electron chi connectivity index (χ2n) is 1.77. The smallest absolute Gasteiger partial charge is 0.0661 e. The van der Waals surface area contributed by atoms with Gasteiger partial charge in [-0.2, -0.15) is 0 Å². The van der Waals surface area contributed by atoms with Crippen molar-refractivity contribution in [3.8, 4) is 0 Å². The van der Waals surface area contributed by atoms with Gasteiger partial charge < -0.3 is 5.21 Å². The zero-order valence-electron chi connectivity index (χ0n) is 5.99. The van der Waals surface area contributed by atoms with Crippen LogP contribution in [0.25, 0.3) is 0 Å². The Morgan fingerprint density at radius 1 is 1.60 bits per heavy atom. The van der Waals surface area contributed by atoms with Gasteiger partial charge >= 0.3 is 0 Å². The van der Waals surface area contributed by atoms with E-state index >= 15 is 0 Å². The molecule has 1 N–H and O–H groups in total. The molecule has 0 aromatic rings. The molecule has 0 atom stereocenters. The quantitative estimate of drug-likeness (QED) is 0.275. The molecule has 0 aromatic carbocycles. The van der Waals surface area contributed by atoms with E-state index in [0.29, 0.717) is 0 Å². The lowest BCUT2D eigenvalue weighted by molar-refractivity contribution is 0.322. The highest BCUT2D eigenvalue weighted by molar-refractivity contribution is 5.71. The van der Waals surface area contributed by atoms with Crippen LogP contribution in [-0.2, 0) is 0 Å². The molecule has 0 radical (unpaired) electrons. The lowest BCUT2D eigenvalue weighted by Gasteiger charge is -1.83. The van der Waals surface area contributed by atoms with E-state index in [9.17, 15) is 0 Å². The third-order valence-corrected chi connectivity index (χ3v) is 0.893. The van der Waals surface area contributed by atoms with Crippen LogP contribution in [0.4, 0.5) is 0 Å². The van der Waals surface area contributed by atoms with Gasteiger partial charge in [-0.15, -0.1) is 0 Å². The van der Waals surface area contributed by atoms with Gasteiger partial charge in [0.1, 0.15) is 0 Å². The lowest BCUT2D eigenvalue weighted by atomic mass is 10.2. The Kier molecular flexibility index (Phi) is 5.06. The Hall–Kier alpha value is -1.31. The van der Waals surface area contributed by atoms with E-state index in [1.807, 2.05) is 19.1 Å². The molecule has 0 amide bonds. The van der Waals surface area contributed by atoms with Crippen LogP contribution in [0.15, 0.2) is 41.6 Å². The maximum atomic E-state index is 7.99. The van der Waals surface area contributed by atoms with Gasteiger partial charge in [-0.1, -0.05) is 35.5 Å². The third-order valence-electron chi connectivity index (χ3n) is 0.893. The van der Waals surface area contributed by atoms with Crippen molar-refractivity contribution in [3.05, 3.63) is 36.5 Å². The minimum atomic E-state index is 1.06. The predicted molar refractivity (Wildman–Crippen MR) is 43.4 cm³/mol. The first kappa shape index (κ1) is 8.69. The fourth-order valence-corrected chi connectivity index (χ4v) is 0.475. The Morgan fingerprint density at radius 2 is 2.30 bits per heavy atom. The standard InChI is InChI=1S/C8H11NO/c1-3-5-8(2)6-4-7-9-10/h3-7,10H,1H2,2H3/b6-4-,8-5-,9-7+. The van der Waals surface area contributed by atoms with E-state index in [-0.39, 0.29) is 0 Å². The summed E-state index contributed by atoms with van der Waals surface area (Å²) in [6.45, 7) is 5.47. The normalized spacial score (nSPS) is 13.1. The summed E-state index contributed by atoms with van der Waals surface area (Å²) in [6, 6.07) is 0. The molecule has 0 saturated heterocycles. The largest absolute Gasteiger partial charge is 0.411 e. The monoisotopic (exact) mass is 137 g/mol. The van der Waals surface area contributed by atoms with Gasteiger partial charge in [0, 0.05) is 0 Å². The van der Waals surface area contributed by atoms with Crippen molar-refractivity contribution in [2.45, 2.75) is 6.92 Å². The minimum Gasteiger partial charge on any atom is -0.411 e. The summed E-state index contributed by atoms with van der Waals surface area (Å²) >= 11 is 0. The van der Waals surface area contributed by atoms with Crippen LogP contribution >= 0.6 is 0 Å². The molecule has 54 valence electrons. The van der Waals surface area contributed by atoms with Gasteiger partial charge in [0.25, 0.3) is 0 Å². The van der Waals surface area contributed by atoms with Crippen LogP contribution in [-0.4, -0.2) is 11.4 Å². The minimum absolute atomic E-state index is 1.06. The molecule has 0 bridgehead atoms. The number of hydrogen-bond acceptors (Lipinski definition) is 2.